The van der Waals surface area contributed by atoms with Crippen LogP contribution in [0.1, 0.15) is 36.2 Å². The lowest BCUT2D eigenvalue weighted by Gasteiger charge is -2.09. The van der Waals surface area contributed by atoms with Gasteiger partial charge in [0.2, 0.25) is 0 Å². The zero-order valence-corrected chi connectivity index (χ0v) is 14.9. The first kappa shape index (κ1) is 17.9. The second-order valence-corrected chi connectivity index (χ2v) is 6.78. The van der Waals surface area contributed by atoms with E-state index in [0.717, 1.165) is 17.7 Å². The molecule has 1 heterocycles. The van der Waals surface area contributed by atoms with Crippen LogP contribution in [0.4, 0.5) is 4.39 Å². The number of fused-ring (bicyclic) bond motifs is 1. The van der Waals surface area contributed by atoms with Crippen molar-refractivity contribution in [3.63, 3.8) is 0 Å². The number of pyridine rings is 1. The summed E-state index contributed by atoms with van der Waals surface area (Å²) in [7, 11) is 0. The predicted molar refractivity (Wildman–Crippen MR) is 103 cm³/mol. The summed E-state index contributed by atoms with van der Waals surface area (Å²) in [5.74, 6) is -0.334. The van der Waals surface area contributed by atoms with Crippen molar-refractivity contribution in [2.45, 2.75) is 26.7 Å². The van der Waals surface area contributed by atoms with E-state index in [1.807, 2.05) is 30.3 Å². The highest BCUT2D eigenvalue weighted by molar-refractivity contribution is 6.05. The molecule has 1 aromatic heterocycles. The fourth-order valence-corrected chi connectivity index (χ4v) is 2.91. The summed E-state index contributed by atoms with van der Waals surface area (Å²) in [6.07, 6.45) is 2.78. The van der Waals surface area contributed by atoms with Crippen molar-refractivity contribution >= 4 is 22.5 Å². The van der Waals surface area contributed by atoms with Crippen LogP contribution in [-0.2, 0) is 6.42 Å². The molecular weight excluding hydrogens is 327 g/mol. The van der Waals surface area contributed by atoms with Gasteiger partial charge in [-0.3, -0.25) is 9.78 Å². The summed E-state index contributed by atoms with van der Waals surface area (Å²) in [6, 6.07) is 16.3. The van der Waals surface area contributed by atoms with Gasteiger partial charge >= 0.3 is 0 Å². The molecule has 4 heteroatoms. The normalized spacial score (nSPS) is 11.9. The summed E-state index contributed by atoms with van der Waals surface area (Å²) < 4.78 is 13.7. The SMILES string of the molecule is CC(C)CC(Cc1ccccc1)=NC(=O)c1cnc2c(F)cccc2c1. The van der Waals surface area contributed by atoms with Crippen molar-refractivity contribution in [2.24, 2.45) is 10.9 Å². The summed E-state index contributed by atoms with van der Waals surface area (Å²) in [5.41, 5.74) is 2.60. The Hall–Kier alpha value is -2.88. The van der Waals surface area contributed by atoms with Crippen LogP contribution in [0.5, 0.6) is 0 Å². The number of rotatable bonds is 5. The standard InChI is InChI=1S/C22H21FN2O/c1-15(2)11-19(12-16-7-4-3-5-8-16)25-22(26)18-13-17-9-6-10-20(23)21(17)24-14-18/h3-10,13-15H,11-12H2,1-2H3. The lowest BCUT2D eigenvalue weighted by molar-refractivity contribution is 0.100. The maximum absolute atomic E-state index is 13.7. The van der Waals surface area contributed by atoms with Crippen molar-refractivity contribution in [3.05, 3.63) is 77.7 Å². The number of hydrogen-bond acceptors (Lipinski definition) is 2. The van der Waals surface area contributed by atoms with Crippen molar-refractivity contribution < 1.29 is 9.18 Å². The van der Waals surface area contributed by atoms with Crippen molar-refractivity contribution in [2.75, 3.05) is 0 Å². The average molecular weight is 348 g/mol. The molecule has 0 N–H and O–H groups in total. The molecule has 132 valence electrons. The largest absolute Gasteiger partial charge is 0.278 e. The van der Waals surface area contributed by atoms with E-state index in [0.29, 0.717) is 23.3 Å². The van der Waals surface area contributed by atoms with Gasteiger partial charge < -0.3 is 0 Å². The van der Waals surface area contributed by atoms with E-state index in [2.05, 4.69) is 23.8 Å². The number of nitrogens with zero attached hydrogens (tertiary/aromatic N) is 2. The average Bonchev–Trinajstić information content (AvgIpc) is 2.62. The van der Waals surface area contributed by atoms with Gasteiger partial charge in [0.1, 0.15) is 11.3 Å². The number of carbonyl (C=O) groups excluding carboxylic acids is 1. The molecule has 0 saturated carbocycles. The summed E-state index contributed by atoms with van der Waals surface area (Å²) >= 11 is 0. The van der Waals surface area contributed by atoms with Crippen LogP contribution in [-0.4, -0.2) is 16.6 Å². The maximum Gasteiger partial charge on any atom is 0.278 e. The molecule has 2 aromatic carbocycles. The van der Waals surface area contributed by atoms with Gasteiger partial charge in [0.15, 0.2) is 0 Å². The molecule has 0 aliphatic carbocycles. The van der Waals surface area contributed by atoms with Gasteiger partial charge in [0.25, 0.3) is 5.91 Å². The Morgan fingerprint density at radius 1 is 1.12 bits per heavy atom. The van der Waals surface area contributed by atoms with E-state index >= 15 is 0 Å². The number of hydrogen-bond donors (Lipinski definition) is 0. The minimum atomic E-state index is -0.394. The monoisotopic (exact) mass is 348 g/mol. The second-order valence-electron chi connectivity index (χ2n) is 6.78. The maximum atomic E-state index is 13.7. The Labute approximate surface area is 152 Å². The topological polar surface area (TPSA) is 42.3 Å². The number of halogens is 1. The van der Waals surface area contributed by atoms with E-state index < -0.39 is 5.82 Å². The van der Waals surface area contributed by atoms with Crippen molar-refractivity contribution in [3.8, 4) is 0 Å². The first-order valence-electron chi connectivity index (χ1n) is 8.72. The van der Waals surface area contributed by atoms with E-state index in [9.17, 15) is 9.18 Å². The predicted octanol–water partition coefficient (Wildman–Crippen LogP) is 5.24. The minimum Gasteiger partial charge on any atom is -0.267 e. The quantitative estimate of drug-likeness (QED) is 0.591. The lowest BCUT2D eigenvalue weighted by atomic mass is 10.00. The first-order valence-corrected chi connectivity index (χ1v) is 8.72. The first-order chi connectivity index (χ1) is 12.5. The van der Waals surface area contributed by atoms with E-state index in [4.69, 9.17) is 0 Å². The number of para-hydroxylation sites is 1. The van der Waals surface area contributed by atoms with Gasteiger partial charge in [0.05, 0.1) is 5.56 Å². The summed E-state index contributed by atoms with van der Waals surface area (Å²) in [5, 5.41) is 0.597. The van der Waals surface area contributed by atoms with Crippen LogP contribution in [0.15, 0.2) is 65.8 Å². The third kappa shape index (κ3) is 4.39. The van der Waals surface area contributed by atoms with Crippen molar-refractivity contribution in [1.82, 2.24) is 4.98 Å². The molecule has 3 rings (SSSR count). The Morgan fingerprint density at radius 2 is 1.88 bits per heavy atom. The smallest absolute Gasteiger partial charge is 0.267 e. The van der Waals surface area contributed by atoms with Crippen molar-refractivity contribution in [1.29, 1.82) is 0 Å². The fourth-order valence-electron chi connectivity index (χ4n) is 2.91. The molecule has 0 fully saturated rings. The van der Waals surface area contributed by atoms with Gasteiger partial charge in [-0.25, -0.2) is 9.38 Å². The Bertz CT molecular complexity index is 949. The molecule has 1 amide bonds. The molecule has 0 saturated heterocycles. The summed E-state index contributed by atoms with van der Waals surface area (Å²) in [6.45, 7) is 4.21. The van der Waals surface area contributed by atoms with E-state index in [1.165, 1.54) is 12.3 Å². The molecule has 3 nitrogen and oxygen atoms in total. The van der Waals surface area contributed by atoms with E-state index in [1.54, 1.807) is 18.2 Å². The van der Waals surface area contributed by atoms with Gasteiger partial charge in [-0.2, -0.15) is 0 Å². The van der Waals surface area contributed by atoms with Crippen LogP contribution in [0.2, 0.25) is 0 Å². The van der Waals surface area contributed by atoms with Gasteiger partial charge in [-0.05, 0) is 30.0 Å². The fraction of sp³-hybridized carbons (Fsp3) is 0.227. The molecular formula is C22H21FN2O. The third-order valence-corrected chi connectivity index (χ3v) is 4.06. The Morgan fingerprint density at radius 3 is 2.62 bits per heavy atom. The van der Waals surface area contributed by atoms with Crippen LogP contribution < -0.4 is 0 Å². The summed E-state index contributed by atoms with van der Waals surface area (Å²) in [4.78, 5) is 21.1. The number of amides is 1. The third-order valence-electron chi connectivity index (χ3n) is 4.06. The molecule has 0 aliphatic rings. The highest BCUT2D eigenvalue weighted by atomic mass is 19.1. The van der Waals surface area contributed by atoms with E-state index in [-0.39, 0.29) is 11.4 Å². The molecule has 3 aromatic rings. The molecule has 0 atom stereocenters. The number of aliphatic imine (C=N–C) groups is 1. The molecule has 0 bridgehead atoms. The van der Waals surface area contributed by atoms with Crippen LogP contribution in [0.25, 0.3) is 10.9 Å². The molecule has 0 unspecified atom stereocenters. The zero-order valence-electron chi connectivity index (χ0n) is 14.9. The highest BCUT2D eigenvalue weighted by Crippen LogP contribution is 2.17. The number of carbonyl (C=O) groups is 1. The zero-order chi connectivity index (χ0) is 18.5. The van der Waals surface area contributed by atoms with Crippen LogP contribution >= 0.6 is 0 Å². The minimum absolute atomic E-state index is 0.264. The van der Waals surface area contributed by atoms with Gasteiger partial charge in [-0.1, -0.05) is 56.3 Å². The Kier molecular flexibility index (Phi) is 5.52. The lowest BCUT2D eigenvalue weighted by Crippen LogP contribution is -2.11. The van der Waals surface area contributed by atoms with Gasteiger partial charge in [-0.15, -0.1) is 0 Å². The molecule has 26 heavy (non-hydrogen) atoms. The number of benzene rings is 2. The highest BCUT2D eigenvalue weighted by Gasteiger charge is 2.12. The second kappa shape index (κ2) is 8.00. The molecule has 0 radical (unpaired) electrons. The molecule has 0 aliphatic heterocycles. The van der Waals surface area contributed by atoms with Crippen LogP contribution in [0.3, 0.4) is 0 Å². The molecule has 0 spiro atoms. The number of aromatic nitrogens is 1. The van der Waals surface area contributed by atoms with Crippen LogP contribution in [0, 0.1) is 11.7 Å². The van der Waals surface area contributed by atoms with Gasteiger partial charge in [0, 0.05) is 23.7 Å². The Balaban J connectivity index is 1.89.